The summed E-state index contributed by atoms with van der Waals surface area (Å²) < 4.78 is 47.3. The van der Waals surface area contributed by atoms with Crippen LogP contribution in [-0.4, -0.2) is 64.8 Å². The van der Waals surface area contributed by atoms with E-state index in [1.165, 1.54) is 34.0 Å². The van der Waals surface area contributed by atoms with Crippen LogP contribution in [0, 0.1) is 25.7 Å². The molecule has 0 spiro atoms. The van der Waals surface area contributed by atoms with E-state index in [4.69, 9.17) is 4.74 Å². The van der Waals surface area contributed by atoms with E-state index in [0.29, 0.717) is 23.2 Å². The second-order valence-corrected chi connectivity index (χ2v) is 12.8. The standard InChI is InChI=1S/C30H34F3N3O3S2/c1-19-3-6-27(39-17-22-5-4-21(14-20(22)2)15-35-9-11-40-12-10-35)24(13-19)26-18-41-29(34-26)36-8-7-23(28(37)38)25(16-36)30(31,32)33/h3-6,13-14,18,23,25H,7-12,15-17H2,1-2H3,(H,37,38). The number of hydrogen-bond acceptors (Lipinski definition) is 7. The third kappa shape index (κ3) is 7.18. The Balaban J connectivity index is 1.29. The summed E-state index contributed by atoms with van der Waals surface area (Å²) in [4.78, 5) is 20.2. The van der Waals surface area contributed by atoms with Crippen molar-refractivity contribution in [3.63, 3.8) is 0 Å². The molecule has 41 heavy (non-hydrogen) atoms. The van der Waals surface area contributed by atoms with E-state index in [0.717, 1.165) is 36.3 Å². The third-order valence-electron chi connectivity index (χ3n) is 7.82. The molecule has 3 heterocycles. The number of rotatable bonds is 8. The summed E-state index contributed by atoms with van der Waals surface area (Å²) in [6.45, 7) is 7.42. The highest BCUT2D eigenvalue weighted by molar-refractivity contribution is 7.99. The number of alkyl halides is 3. The Morgan fingerprint density at radius 3 is 2.61 bits per heavy atom. The molecule has 11 heteroatoms. The van der Waals surface area contributed by atoms with E-state index in [2.05, 4.69) is 35.0 Å². The van der Waals surface area contributed by atoms with Gasteiger partial charge in [-0.05, 0) is 49.1 Å². The third-order valence-corrected chi connectivity index (χ3v) is 9.67. The zero-order valence-corrected chi connectivity index (χ0v) is 24.7. The molecule has 0 saturated carbocycles. The van der Waals surface area contributed by atoms with Crippen LogP contribution in [0.15, 0.2) is 41.8 Å². The van der Waals surface area contributed by atoms with Gasteiger partial charge in [0, 0.05) is 55.2 Å². The quantitative estimate of drug-likeness (QED) is 0.309. The molecule has 2 aliphatic heterocycles. The molecule has 2 aromatic carbocycles. The number of aryl methyl sites for hydroxylation is 2. The first-order chi connectivity index (χ1) is 19.6. The molecule has 5 rings (SSSR count). The van der Waals surface area contributed by atoms with Gasteiger partial charge in [-0.2, -0.15) is 24.9 Å². The largest absolute Gasteiger partial charge is 0.488 e. The summed E-state index contributed by atoms with van der Waals surface area (Å²) in [6, 6.07) is 12.3. The maximum absolute atomic E-state index is 13.7. The number of piperidine rings is 1. The van der Waals surface area contributed by atoms with Gasteiger partial charge in [-0.3, -0.25) is 9.69 Å². The van der Waals surface area contributed by atoms with Crippen LogP contribution in [0.5, 0.6) is 5.75 Å². The number of carboxylic acid groups (broad SMARTS) is 1. The monoisotopic (exact) mass is 605 g/mol. The number of carbonyl (C=O) groups is 1. The Bertz CT molecular complexity index is 1370. The lowest BCUT2D eigenvalue weighted by Crippen LogP contribution is -2.49. The Kier molecular flexibility index (Phi) is 9.15. The van der Waals surface area contributed by atoms with Gasteiger partial charge in [0.25, 0.3) is 0 Å². The van der Waals surface area contributed by atoms with Crippen molar-refractivity contribution in [2.75, 3.05) is 42.6 Å². The summed E-state index contributed by atoms with van der Waals surface area (Å²) in [6.07, 6.45) is -4.68. The number of aromatic nitrogens is 1. The fourth-order valence-electron chi connectivity index (χ4n) is 5.45. The molecule has 3 aromatic rings. The second kappa shape index (κ2) is 12.6. The predicted molar refractivity (Wildman–Crippen MR) is 158 cm³/mol. The van der Waals surface area contributed by atoms with Crippen molar-refractivity contribution < 1.29 is 27.8 Å². The lowest BCUT2D eigenvalue weighted by molar-refractivity contribution is -0.197. The van der Waals surface area contributed by atoms with Crippen LogP contribution in [0.4, 0.5) is 18.3 Å². The van der Waals surface area contributed by atoms with Crippen LogP contribution in [0.3, 0.4) is 0 Å². The summed E-state index contributed by atoms with van der Waals surface area (Å²) in [5.41, 5.74) is 5.97. The van der Waals surface area contributed by atoms with Crippen molar-refractivity contribution in [2.24, 2.45) is 11.8 Å². The van der Waals surface area contributed by atoms with E-state index < -0.39 is 30.5 Å². The molecule has 0 amide bonds. The highest BCUT2D eigenvalue weighted by atomic mass is 32.2. The van der Waals surface area contributed by atoms with Crippen molar-refractivity contribution in [1.82, 2.24) is 9.88 Å². The van der Waals surface area contributed by atoms with Gasteiger partial charge in [0.1, 0.15) is 12.4 Å². The van der Waals surface area contributed by atoms with Gasteiger partial charge in [-0.25, -0.2) is 4.98 Å². The predicted octanol–water partition coefficient (Wildman–Crippen LogP) is 6.64. The van der Waals surface area contributed by atoms with E-state index in [1.807, 2.05) is 42.3 Å². The van der Waals surface area contributed by atoms with Crippen LogP contribution in [0.2, 0.25) is 0 Å². The molecule has 2 atom stereocenters. The number of thiazole rings is 1. The maximum Gasteiger partial charge on any atom is 0.394 e. The van der Waals surface area contributed by atoms with Gasteiger partial charge in [0.2, 0.25) is 0 Å². The Morgan fingerprint density at radius 2 is 1.90 bits per heavy atom. The summed E-state index contributed by atoms with van der Waals surface area (Å²) in [5, 5.41) is 11.6. The van der Waals surface area contributed by atoms with E-state index in [1.54, 1.807) is 4.90 Å². The van der Waals surface area contributed by atoms with Gasteiger partial charge >= 0.3 is 12.1 Å². The first kappa shape index (κ1) is 29.7. The van der Waals surface area contributed by atoms with Crippen LogP contribution < -0.4 is 9.64 Å². The molecule has 0 bridgehead atoms. The number of benzene rings is 2. The van der Waals surface area contributed by atoms with Crippen molar-refractivity contribution in [1.29, 1.82) is 0 Å². The highest BCUT2D eigenvalue weighted by Crippen LogP contribution is 2.41. The highest BCUT2D eigenvalue weighted by Gasteiger charge is 2.50. The molecule has 2 fully saturated rings. The number of halogens is 3. The summed E-state index contributed by atoms with van der Waals surface area (Å²) in [5.74, 6) is -1.77. The van der Waals surface area contributed by atoms with E-state index in [-0.39, 0.29) is 13.0 Å². The summed E-state index contributed by atoms with van der Waals surface area (Å²) >= 11 is 3.26. The van der Waals surface area contributed by atoms with Gasteiger partial charge in [-0.1, -0.05) is 29.8 Å². The fraction of sp³-hybridized carbons (Fsp3) is 0.467. The zero-order valence-electron chi connectivity index (χ0n) is 23.1. The average Bonchev–Trinajstić information content (AvgIpc) is 3.43. The zero-order chi connectivity index (χ0) is 29.1. The average molecular weight is 606 g/mol. The fourth-order valence-corrected chi connectivity index (χ4v) is 7.29. The minimum absolute atomic E-state index is 0.0809. The smallest absolute Gasteiger partial charge is 0.394 e. The normalized spacial score (nSPS) is 20.3. The second-order valence-electron chi connectivity index (χ2n) is 10.8. The number of aliphatic carboxylic acids is 1. The molecule has 0 radical (unpaired) electrons. The maximum atomic E-state index is 13.7. The molecule has 1 aromatic heterocycles. The SMILES string of the molecule is Cc1ccc(OCc2ccc(CN3CCSCC3)cc2C)c(-c2csc(N3CCC(C(=O)O)C(C(F)(F)F)C3)n2)c1. The van der Waals surface area contributed by atoms with Crippen molar-refractivity contribution in [3.8, 4) is 17.0 Å². The Labute approximate surface area is 246 Å². The molecule has 6 nitrogen and oxygen atoms in total. The molecule has 1 N–H and O–H groups in total. The summed E-state index contributed by atoms with van der Waals surface area (Å²) in [7, 11) is 0. The number of anilines is 1. The van der Waals surface area contributed by atoms with E-state index >= 15 is 0 Å². The molecular formula is C30H34F3N3O3S2. The minimum Gasteiger partial charge on any atom is -0.488 e. The molecule has 220 valence electrons. The van der Waals surface area contributed by atoms with Crippen LogP contribution in [0.25, 0.3) is 11.3 Å². The minimum atomic E-state index is -4.59. The van der Waals surface area contributed by atoms with E-state index in [9.17, 15) is 23.1 Å². The van der Waals surface area contributed by atoms with Crippen molar-refractivity contribution >= 4 is 34.2 Å². The lowest BCUT2D eigenvalue weighted by Gasteiger charge is -2.37. The molecule has 2 unspecified atom stereocenters. The molecule has 2 aliphatic rings. The molecular weight excluding hydrogens is 571 g/mol. The molecule has 0 aliphatic carbocycles. The Hall–Kier alpha value is -2.76. The first-order valence-electron chi connectivity index (χ1n) is 13.7. The molecule has 2 saturated heterocycles. The van der Waals surface area contributed by atoms with Gasteiger partial charge in [0.05, 0.1) is 17.5 Å². The van der Waals surface area contributed by atoms with Crippen LogP contribution in [-0.2, 0) is 17.9 Å². The van der Waals surface area contributed by atoms with Crippen LogP contribution >= 0.6 is 23.1 Å². The number of ether oxygens (including phenoxy) is 1. The first-order valence-corrected chi connectivity index (χ1v) is 15.7. The number of carboxylic acids is 1. The number of hydrogen-bond donors (Lipinski definition) is 1. The van der Waals surface area contributed by atoms with Gasteiger partial charge < -0.3 is 14.7 Å². The number of nitrogens with zero attached hydrogens (tertiary/aromatic N) is 3. The van der Waals surface area contributed by atoms with Crippen LogP contribution in [0.1, 0.15) is 28.7 Å². The van der Waals surface area contributed by atoms with Gasteiger partial charge in [0.15, 0.2) is 5.13 Å². The van der Waals surface area contributed by atoms with Gasteiger partial charge in [-0.15, -0.1) is 11.3 Å². The topological polar surface area (TPSA) is 65.9 Å². The lowest BCUT2D eigenvalue weighted by atomic mass is 9.85. The van der Waals surface area contributed by atoms with Crippen molar-refractivity contribution in [2.45, 2.75) is 39.6 Å². The van der Waals surface area contributed by atoms with Crippen molar-refractivity contribution in [3.05, 3.63) is 64.0 Å². The number of thioether (sulfide) groups is 1. The Morgan fingerprint density at radius 1 is 1.12 bits per heavy atom.